The smallest absolute Gasteiger partial charge is 0.332 e. The first-order valence-electron chi connectivity index (χ1n) is 8.03. The van der Waals surface area contributed by atoms with Crippen LogP contribution in [0.5, 0.6) is 0 Å². The molecule has 1 aliphatic heterocycles. The van der Waals surface area contributed by atoms with Crippen LogP contribution in [0, 0.1) is 0 Å². The van der Waals surface area contributed by atoms with Crippen molar-refractivity contribution in [3.05, 3.63) is 35.4 Å². The summed E-state index contributed by atoms with van der Waals surface area (Å²) in [5, 5.41) is 11.7. The fourth-order valence-electron chi connectivity index (χ4n) is 2.63. The first kappa shape index (κ1) is 17.5. The Morgan fingerprint density at radius 1 is 1.17 bits per heavy atom. The highest BCUT2D eigenvalue weighted by Crippen LogP contribution is 2.22. The summed E-state index contributed by atoms with van der Waals surface area (Å²) in [5.74, 6) is -1.22. The number of nitrogens with one attached hydrogen (secondary N) is 1. The number of benzene rings is 1. The number of hydrogen-bond acceptors (Lipinski definition) is 3. The van der Waals surface area contributed by atoms with Crippen molar-refractivity contribution in [1.82, 2.24) is 5.32 Å². The molecule has 0 bridgehead atoms. The lowest BCUT2D eigenvalue weighted by Crippen LogP contribution is -2.36. The van der Waals surface area contributed by atoms with Crippen LogP contribution in [0.1, 0.15) is 44.7 Å². The highest BCUT2D eigenvalue weighted by Gasteiger charge is 2.34. The van der Waals surface area contributed by atoms with Crippen LogP contribution < -0.4 is 5.32 Å². The molecule has 1 fully saturated rings. The van der Waals surface area contributed by atoms with Crippen molar-refractivity contribution in [3.63, 3.8) is 0 Å². The third kappa shape index (κ3) is 4.79. The van der Waals surface area contributed by atoms with Gasteiger partial charge in [0.25, 0.3) is 0 Å². The highest BCUT2D eigenvalue weighted by atomic mass is 16.5. The molecule has 1 aromatic carbocycles. The van der Waals surface area contributed by atoms with Crippen molar-refractivity contribution in [2.24, 2.45) is 0 Å². The molecule has 1 amide bonds. The molecule has 0 saturated carbocycles. The molecule has 0 aliphatic carbocycles. The monoisotopic (exact) mass is 319 g/mol. The summed E-state index contributed by atoms with van der Waals surface area (Å²) in [5.41, 5.74) is 2.58. The third-order valence-corrected chi connectivity index (χ3v) is 4.12. The largest absolute Gasteiger partial charge is 0.479 e. The normalized spacial score (nSPS) is 21.2. The van der Waals surface area contributed by atoms with Gasteiger partial charge in [-0.25, -0.2) is 4.79 Å². The zero-order valence-electron chi connectivity index (χ0n) is 14.0. The van der Waals surface area contributed by atoms with Gasteiger partial charge in [-0.15, -0.1) is 0 Å². The van der Waals surface area contributed by atoms with Crippen molar-refractivity contribution in [1.29, 1.82) is 0 Å². The number of carbonyl (C=O) groups excluding carboxylic acids is 1. The van der Waals surface area contributed by atoms with Gasteiger partial charge in [-0.2, -0.15) is 0 Å². The number of ether oxygens (including phenoxy) is 1. The van der Waals surface area contributed by atoms with E-state index in [-0.39, 0.29) is 11.3 Å². The van der Waals surface area contributed by atoms with Crippen LogP contribution in [0.15, 0.2) is 24.3 Å². The molecule has 0 unspecified atom stereocenters. The molecule has 1 saturated heterocycles. The molecule has 2 N–H and O–H groups in total. The van der Waals surface area contributed by atoms with Crippen LogP contribution in [0.2, 0.25) is 0 Å². The predicted molar refractivity (Wildman–Crippen MR) is 87.4 cm³/mol. The number of amides is 1. The van der Waals surface area contributed by atoms with Crippen molar-refractivity contribution < 1.29 is 19.4 Å². The topological polar surface area (TPSA) is 75.6 Å². The van der Waals surface area contributed by atoms with Crippen molar-refractivity contribution >= 4 is 11.9 Å². The first-order valence-corrected chi connectivity index (χ1v) is 8.03. The van der Waals surface area contributed by atoms with Gasteiger partial charge in [0.2, 0.25) is 5.91 Å². The summed E-state index contributed by atoms with van der Waals surface area (Å²) in [6.45, 7) is 7.04. The summed E-state index contributed by atoms with van der Waals surface area (Å²) in [6, 6.07) is 8.40. The molecular formula is C18H25NO4. The average Bonchev–Trinajstić information content (AvgIpc) is 2.97. The second kappa shape index (κ2) is 7.13. The van der Waals surface area contributed by atoms with E-state index >= 15 is 0 Å². The fraction of sp³-hybridized carbons (Fsp3) is 0.556. The second-order valence-corrected chi connectivity index (χ2v) is 7.02. The van der Waals surface area contributed by atoms with Gasteiger partial charge >= 0.3 is 5.97 Å². The van der Waals surface area contributed by atoms with Crippen LogP contribution in [0.4, 0.5) is 0 Å². The molecule has 0 aromatic heterocycles. The number of carbonyl (C=O) groups is 2. The van der Waals surface area contributed by atoms with Gasteiger partial charge in [0.05, 0.1) is 0 Å². The Balaban J connectivity index is 1.77. The maximum Gasteiger partial charge on any atom is 0.332 e. The lowest BCUT2D eigenvalue weighted by atomic mass is 9.86. The SMILES string of the molecule is CC(C)(C)c1ccc(CCNC(=O)[C@@H]2CC[C@H](C(=O)O)O2)cc1. The number of carboxylic acids is 1. The zero-order chi connectivity index (χ0) is 17.0. The van der Waals surface area contributed by atoms with Crippen molar-refractivity contribution in [3.8, 4) is 0 Å². The van der Waals surface area contributed by atoms with E-state index in [9.17, 15) is 9.59 Å². The standard InChI is InChI=1S/C18H25NO4/c1-18(2,3)13-6-4-12(5-7-13)10-11-19-16(20)14-8-9-15(23-14)17(21)22/h4-7,14-15H,8-11H2,1-3H3,(H,19,20)(H,21,22)/t14-,15+/m0/s1. The van der Waals surface area contributed by atoms with Gasteiger partial charge in [-0.05, 0) is 35.8 Å². The summed E-state index contributed by atoms with van der Waals surface area (Å²) in [4.78, 5) is 22.8. The molecule has 126 valence electrons. The minimum absolute atomic E-state index is 0.132. The number of hydrogen-bond donors (Lipinski definition) is 2. The third-order valence-electron chi connectivity index (χ3n) is 4.12. The quantitative estimate of drug-likeness (QED) is 0.873. The van der Waals surface area contributed by atoms with Gasteiger partial charge in [-0.3, -0.25) is 4.79 Å². The molecule has 23 heavy (non-hydrogen) atoms. The van der Waals surface area contributed by atoms with E-state index < -0.39 is 18.2 Å². The van der Waals surface area contributed by atoms with E-state index in [2.05, 4.69) is 50.4 Å². The zero-order valence-corrected chi connectivity index (χ0v) is 14.0. The van der Waals surface area contributed by atoms with Gasteiger partial charge in [-0.1, -0.05) is 45.0 Å². The molecule has 0 radical (unpaired) electrons. The Labute approximate surface area is 137 Å². The van der Waals surface area contributed by atoms with Crippen LogP contribution in [0.25, 0.3) is 0 Å². The second-order valence-electron chi connectivity index (χ2n) is 7.02. The molecular weight excluding hydrogens is 294 g/mol. The lowest BCUT2D eigenvalue weighted by Gasteiger charge is -2.19. The van der Waals surface area contributed by atoms with Crippen LogP contribution in [0.3, 0.4) is 0 Å². The predicted octanol–water partition coefficient (Wildman–Crippen LogP) is 2.27. The summed E-state index contributed by atoms with van der Waals surface area (Å²) < 4.78 is 5.23. The van der Waals surface area contributed by atoms with E-state index in [4.69, 9.17) is 9.84 Å². The number of rotatable bonds is 5. The Morgan fingerprint density at radius 2 is 1.78 bits per heavy atom. The molecule has 1 aromatic rings. The average molecular weight is 319 g/mol. The van der Waals surface area contributed by atoms with Crippen LogP contribution in [-0.4, -0.2) is 35.7 Å². The summed E-state index contributed by atoms with van der Waals surface area (Å²) in [6.07, 6.45) is 0.103. The maximum atomic E-state index is 12.0. The van der Waals surface area contributed by atoms with E-state index in [0.717, 1.165) is 12.0 Å². The molecule has 1 aliphatic rings. The van der Waals surface area contributed by atoms with Crippen LogP contribution >= 0.6 is 0 Å². The van der Waals surface area contributed by atoms with E-state index in [1.54, 1.807) is 0 Å². The Morgan fingerprint density at radius 3 is 2.30 bits per heavy atom. The van der Waals surface area contributed by atoms with Gasteiger partial charge in [0.15, 0.2) is 6.10 Å². The van der Waals surface area contributed by atoms with Gasteiger partial charge in [0.1, 0.15) is 6.10 Å². The fourth-order valence-corrected chi connectivity index (χ4v) is 2.63. The van der Waals surface area contributed by atoms with Crippen molar-refractivity contribution in [2.75, 3.05) is 6.54 Å². The molecule has 2 atom stereocenters. The highest BCUT2D eigenvalue weighted by molar-refractivity contribution is 5.82. The number of aliphatic carboxylic acids is 1. The molecule has 5 heteroatoms. The summed E-state index contributed by atoms with van der Waals surface area (Å²) in [7, 11) is 0. The minimum atomic E-state index is -1.00. The molecule has 0 spiro atoms. The first-order chi connectivity index (χ1) is 10.8. The summed E-state index contributed by atoms with van der Waals surface area (Å²) >= 11 is 0. The van der Waals surface area contributed by atoms with E-state index in [1.165, 1.54) is 5.56 Å². The molecule has 1 heterocycles. The van der Waals surface area contributed by atoms with Gasteiger partial charge < -0.3 is 15.2 Å². The van der Waals surface area contributed by atoms with Crippen LogP contribution in [-0.2, 0) is 26.2 Å². The van der Waals surface area contributed by atoms with E-state index in [0.29, 0.717) is 19.4 Å². The van der Waals surface area contributed by atoms with Crippen molar-refractivity contribution in [2.45, 2.75) is 57.7 Å². The minimum Gasteiger partial charge on any atom is -0.479 e. The molecule has 5 nitrogen and oxygen atoms in total. The Hall–Kier alpha value is -1.88. The Kier molecular flexibility index (Phi) is 5.42. The van der Waals surface area contributed by atoms with E-state index in [1.807, 2.05) is 0 Å². The molecule has 2 rings (SSSR count). The lowest BCUT2D eigenvalue weighted by molar-refractivity contribution is -0.151. The maximum absolute atomic E-state index is 12.0. The van der Waals surface area contributed by atoms with Gasteiger partial charge in [0, 0.05) is 6.54 Å². The Bertz CT molecular complexity index is 559. The number of carboxylic acid groups (broad SMARTS) is 1.